The van der Waals surface area contributed by atoms with Crippen LogP contribution in [0.25, 0.3) is 0 Å². The number of rotatable bonds is 4. The van der Waals surface area contributed by atoms with Gasteiger partial charge in [-0.15, -0.1) is 0 Å². The summed E-state index contributed by atoms with van der Waals surface area (Å²) in [5.74, 6) is -0.471. The van der Waals surface area contributed by atoms with Crippen molar-refractivity contribution in [2.24, 2.45) is 11.8 Å². The predicted molar refractivity (Wildman–Crippen MR) is 71.1 cm³/mol. The van der Waals surface area contributed by atoms with Crippen LogP contribution in [0.2, 0.25) is 0 Å². The van der Waals surface area contributed by atoms with Crippen molar-refractivity contribution < 1.29 is 14.7 Å². The molecule has 0 radical (unpaired) electrons. The van der Waals surface area contributed by atoms with E-state index in [9.17, 15) is 14.7 Å². The predicted octanol–water partition coefficient (Wildman–Crippen LogP) is 1.05. The maximum atomic E-state index is 12.3. The van der Waals surface area contributed by atoms with Crippen molar-refractivity contribution in [1.29, 1.82) is 0 Å². The first-order chi connectivity index (χ1) is 8.61. The van der Waals surface area contributed by atoms with Crippen molar-refractivity contribution in [1.82, 2.24) is 4.90 Å². The number of fused-ring (bicyclic) bond motifs is 1. The van der Waals surface area contributed by atoms with Crippen LogP contribution in [0.1, 0.15) is 19.8 Å². The number of hydrogen-bond acceptors (Lipinski definition) is 4. The van der Waals surface area contributed by atoms with E-state index in [2.05, 4.69) is 0 Å². The molecule has 0 aromatic carbocycles. The van der Waals surface area contributed by atoms with Gasteiger partial charge in [0.1, 0.15) is 0 Å². The Morgan fingerprint density at radius 2 is 1.83 bits per heavy atom. The van der Waals surface area contributed by atoms with Crippen LogP contribution in [0.15, 0.2) is 12.2 Å². The standard InChI is InChI=1S/C13H19NO3S/c1-8(11(7-15)18-2)14-12(16)9-5-3-4-6-10(9)13(14)17/h3-4,8-11,15H,5-7H2,1-2H3/t8?,9-,10+,11?. The molecule has 18 heavy (non-hydrogen) atoms. The normalized spacial score (nSPS) is 30.5. The van der Waals surface area contributed by atoms with Gasteiger partial charge in [-0.3, -0.25) is 14.5 Å². The van der Waals surface area contributed by atoms with E-state index in [1.807, 2.05) is 25.3 Å². The molecular formula is C13H19NO3S. The van der Waals surface area contributed by atoms with Crippen molar-refractivity contribution >= 4 is 23.6 Å². The summed E-state index contributed by atoms with van der Waals surface area (Å²) in [5, 5.41) is 9.20. The first-order valence-corrected chi connectivity index (χ1v) is 7.56. The lowest BCUT2D eigenvalue weighted by atomic mass is 9.85. The van der Waals surface area contributed by atoms with Gasteiger partial charge >= 0.3 is 0 Å². The Bertz CT molecular complexity index is 352. The Balaban J connectivity index is 2.19. The van der Waals surface area contributed by atoms with Gasteiger partial charge < -0.3 is 5.11 Å². The molecule has 1 fully saturated rings. The molecule has 0 spiro atoms. The summed E-state index contributed by atoms with van der Waals surface area (Å²) in [7, 11) is 0. The number of carbonyl (C=O) groups is 2. The molecule has 4 atom stereocenters. The number of likely N-dealkylation sites (tertiary alicyclic amines) is 1. The van der Waals surface area contributed by atoms with Gasteiger partial charge in [0.2, 0.25) is 11.8 Å². The first-order valence-electron chi connectivity index (χ1n) is 6.27. The minimum absolute atomic E-state index is 0.0209. The van der Waals surface area contributed by atoms with E-state index < -0.39 is 0 Å². The maximum Gasteiger partial charge on any atom is 0.233 e. The van der Waals surface area contributed by atoms with Gasteiger partial charge in [0.05, 0.1) is 24.5 Å². The molecule has 1 saturated heterocycles. The number of amides is 2. The van der Waals surface area contributed by atoms with E-state index in [0.717, 1.165) is 0 Å². The van der Waals surface area contributed by atoms with Crippen LogP contribution in [-0.2, 0) is 9.59 Å². The smallest absolute Gasteiger partial charge is 0.233 e. The largest absolute Gasteiger partial charge is 0.395 e. The van der Waals surface area contributed by atoms with Crippen molar-refractivity contribution in [3.63, 3.8) is 0 Å². The van der Waals surface area contributed by atoms with Crippen LogP contribution in [-0.4, -0.2) is 46.0 Å². The Hall–Kier alpha value is -0.810. The molecule has 0 bridgehead atoms. The highest BCUT2D eigenvalue weighted by molar-refractivity contribution is 7.99. The number of aliphatic hydroxyl groups excluding tert-OH is 1. The van der Waals surface area contributed by atoms with Gasteiger partial charge in [0.25, 0.3) is 0 Å². The average molecular weight is 269 g/mol. The van der Waals surface area contributed by atoms with E-state index in [-0.39, 0.29) is 41.5 Å². The SMILES string of the molecule is CSC(CO)C(C)N1C(=O)[C@H]2CC=CC[C@H]2C1=O. The highest BCUT2D eigenvalue weighted by Gasteiger charge is 2.49. The summed E-state index contributed by atoms with van der Waals surface area (Å²) in [4.78, 5) is 26.0. The monoisotopic (exact) mass is 269 g/mol. The summed E-state index contributed by atoms with van der Waals surface area (Å²) in [6.07, 6.45) is 7.19. The number of carbonyl (C=O) groups excluding carboxylic acids is 2. The second-order valence-corrected chi connectivity index (χ2v) is 5.98. The molecule has 2 amide bonds. The van der Waals surface area contributed by atoms with Crippen LogP contribution < -0.4 is 0 Å². The van der Waals surface area contributed by atoms with Crippen LogP contribution in [0.5, 0.6) is 0 Å². The average Bonchev–Trinajstić information content (AvgIpc) is 2.64. The third-order valence-electron chi connectivity index (χ3n) is 3.97. The fourth-order valence-corrected chi connectivity index (χ4v) is 3.48. The molecule has 0 aromatic rings. The quantitative estimate of drug-likeness (QED) is 0.612. The van der Waals surface area contributed by atoms with Crippen LogP contribution in [0.3, 0.4) is 0 Å². The van der Waals surface area contributed by atoms with Crippen molar-refractivity contribution in [3.05, 3.63) is 12.2 Å². The second kappa shape index (κ2) is 5.45. The van der Waals surface area contributed by atoms with Gasteiger partial charge in [-0.1, -0.05) is 12.2 Å². The molecule has 0 saturated carbocycles. The topological polar surface area (TPSA) is 57.6 Å². The van der Waals surface area contributed by atoms with Gasteiger partial charge in [0, 0.05) is 5.25 Å². The highest BCUT2D eigenvalue weighted by atomic mass is 32.2. The zero-order valence-electron chi connectivity index (χ0n) is 10.7. The zero-order valence-corrected chi connectivity index (χ0v) is 11.5. The summed E-state index contributed by atoms with van der Waals surface area (Å²) in [6, 6.07) is -0.240. The van der Waals surface area contributed by atoms with E-state index >= 15 is 0 Å². The third kappa shape index (κ3) is 2.10. The number of imide groups is 1. The minimum Gasteiger partial charge on any atom is -0.395 e. The fourth-order valence-electron chi connectivity index (χ4n) is 2.82. The van der Waals surface area contributed by atoms with E-state index in [1.54, 1.807) is 0 Å². The maximum absolute atomic E-state index is 12.3. The Morgan fingerprint density at radius 3 is 2.22 bits per heavy atom. The second-order valence-electron chi connectivity index (χ2n) is 4.90. The van der Waals surface area contributed by atoms with Crippen molar-refractivity contribution in [3.8, 4) is 0 Å². The zero-order chi connectivity index (χ0) is 13.3. The molecule has 5 heteroatoms. The molecule has 2 rings (SSSR count). The minimum atomic E-state index is -0.240. The number of hydrogen-bond donors (Lipinski definition) is 1. The van der Waals surface area contributed by atoms with Crippen LogP contribution in [0.4, 0.5) is 0 Å². The summed E-state index contributed by atoms with van der Waals surface area (Å²) >= 11 is 1.49. The molecule has 1 N–H and O–H groups in total. The van der Waals surface area contributed by atoms with Gasteiger partial charge in [0.15, 0.2) is 0 Å². The molecule has 100 valence electrons. The molecule has 1 aliphatic heterocycles. The lowest BCUT2D eigenvalue weighted by Gasteiger charge is -2.28. The first kappa shape index (κ1) is 13.6. The molecular weight excluding hydrogens is 250 g/mol. The van der Waals surface area contributed by atoms with E-state index in [0.29, 0.717) is 12.8 Å². The number of allylic oxidation sites excluding steroid dienone is 2. The molecule has 0 aromatic heterocycles. The van der Waals surface area contributed by atoms with Crippen molar-refractivity contribution in [2.75, 3.05) is 12.9 Å². The van der Waals surface area contributed by atoms with Crippen molar-refractivity contribution in [2.45, 2.75) is 31.1 Å². The number of thioether (sulfide) groups is 1. The number of nitrogens with zero attached hydrogens (tertiary/aromatic N) is 1. The highest BCUT2D eigenvalue weighted by Crippen LogP contribution is 2.37. The lowest BCUT2D eigenvalue weighted by Crippen LogP contribution is -2.45. The molecule has 1 aliphatic carbocycles. The van der Waals surface area contributed by atoms with E-state index in [1.165, 1.54) is 16.7 Å². The fraction of sp³-hybridized carbons (Fsp3) is 0.692. The molecule has 2 unspecified atom stereocenters. The van der Waals surface area contributed by atoms with Gasteiger partial charge in [-0.05, 0) is 26.0 Å². The molecule has 2 aliphatic rings. The Morgan fingerprint density at radius 1 is 1.33 bits per heavy atom. The summed E-state index contributed by atoms with van der Waals surface area (Å²) < 4.78 is 0. The summed E-state index contributed by atoms with van der Waals surface area (Å²) in [6.45, 7) is 1.82. The van der Waals surface area contributed by atoms with Crippen LogP contribution >= 0.6 is 11.8 Å². The van der Waals surface area contributed by atoms with Gasteiger partial charge in [-0.2, -0.15) is 11.8 Å². The Labute approximate surface area is 111 Å². The lowest BCUT2D eigenvalue weighted by molar-refractivity contribution is -0.142. The van der Waals surface area contributed by atoms with Gasteiger partial charge in [-0.25, -0.2) is 0 Å². The third-order valence-corrected chi connectivity index (χ3v) is 5.12. The number of aliphatic hydroxyl groups is 1. The van der Waals surface area contributed by atoms with Crippen LogP contribution in [0, 0.1) is 11.8 Å². The molecule has 1 heterocycles. The Kier molecular flexibility index (Phi) is 4.12. The molecule has 4 nitrogen and oxygen atoms in total. The summed E-state index contributed by atoms with van der Waals surface area (Å²) in [5.41, 5.74) is 0. The van der Waals surface area contributed by atoms with E-state index in [4.69, 9.17) is 0 Å².